The Balaban J connectivity index is 2.23. The normalized spacial score (nSPS) is 33.7. The molecule has 0 aromatic carbocycles. The molecule has 0 saturated heterocycles. The van der Waals surface area contributed by atoms with Crippen LogP contribution in [0.2, 0.25) is 0 Å². The summed E-state index contributed by atoms with van der Waals surface area (Å²) in [5.74, 6) is 0.604. The predicted molar refractivity (Wildman–Crippen MR) is 38.2 cm³/mol. The van der Waals surface area contributed by atoms with Gasteiger partial charge in [0.25, 0.3) is 0 Å². The fourth-order valence-electron chi connectivity index (χ4n) is 1.46. The summed E-state index contributed by atoms with van der Waals surface area (Å²) in [5, 5.41) is 8.75. The van der Waals surface area contributed by atoms with Crippen molar-refractivity contribution >= 4 is 6.29 Å². The molecule has 1 rings (SSSR count). The lowest BCUT2D eigenvalue weighted by Crippen LogP contribution is -2.17. The molecule has 0 unspecified atom stereocenters. The maximum Gasteiger partial charge on any atom is 0.201 e. The summed E-state index contributed by atoms with van der Waals surface area (Å²) < 4.78 is 0. The van der Waals surface area contributed by atoms with Gasteiger partial charge in [0.15, 0.2) is 0 Å². The van der Waals surface area contributed by atoms with Crippen molar-refractivity contribution in [3.63, 3.8) is 0 Å². The Bertz CT molecular complexity index is 104. The van der Waals surface area contributed by atoms with Crippen molar-refractivity contribution in [1.29, 1.82) is 0 Å². The van der Waals surface area contributed by atoms with E-state index in [0.717, 1.165) is 25.7 Å². The fraction of sp³-hybridized carbons (Fsp3) is 0.875. The first-order chi connectivity index (χ1) is 4.86. The first kappa shape index (κ1) is 7.73. The number of aliphatic hydroxyl groups is 1. The average Bonchev–Trinajstić information content (AvgIpc) is 2.05. The van der Waals surface area contributed by atoms with Gasteiger partial charge in [-0.1, -0.05) is 0 Å². The number of carbonyl (C=O) groups excluding carboxylic acids is 1. The van der Waals surface area contributed by atoms with E-state index in [0.29, 0.717) is 5.92 Å². The zero-order valence-electron chi connectivity index (χ0n) is 6.05. The monoisotopic (exact) mass is 141 g/mol. The Labute approximate surface area is 61.2 Å². The van der Waals surface area contributed by atoms with E-state index in [2.05, 4.69) is 0 Å². The van der Waals surface area contributed by atoms with Crippen molar-refractivity contribution < 1.29 is 9.90 Å². The van der Waals surface area contributed by atoms with Crippen molar-refractivity contribution in [1.82, 2.24) is 0 Å². The van der Waals surface area contributed by atoms with Crippen LogP contribution < -0.4 is 0 Å². The van der Waals surface area contributed by atoms with Crippen molar-refractivity contribution in [3.05, 3.63) is 0 Å². The molecule has 1 aliphatic carbocycles. The molecule has 0 heterocycles. The minimum absolute atomic E-state index is 0.155. The van der Waals surface area contributed by atoms with E-state index in [4.69, 9.17) is 5.11 Å². The molecule has 1 radical (unpaired) electrons. The second-order valence-corrected chi connectivity index (χ2v) is 3.02. The molecule has 0 amide bonds. The summed E-state index contributed by atoms with van der Waals surface area (Å²) in [6, 6.07) is 0. The number of hydrogen-bond donors (Lipinski definition) is 1. The van der Waals surface area contributed by atoms with E-state index >= 15 is 0 Å². The minimum Gasteiger partial charge on any atom is -0.396 e. The first-order valence-corrected chi connectivity index (χ1v) is 3.85. The van der Waals surface area contributed by atoms with Gasteiger partial charge in [-0.15, -0.1) is 0 Å². The first-order valence-electron chi connectivity index (χ1n) is 3.85. The summed E-state index contributed by atoms with van der Waals surface area (Å²) in [6.45, 7) is 0.283. The third-order valence-corrected chi connectivity index (χ3v) is 2.27. The Morgan fingerprint density at radius 2 is 1.90 bits per heavy atom. The van der Waals surface area contributed by atoms with E-state index in [9.17, 15) is 4.79 Å². The van der Waals surface area contributed by atoms with Crippen LogP contribution in [-0.4, -0.2) is 18.0 Å². The fourth-order valence-corrected chi connectivity index (χ4v) is 1.46. The summed E-state index contributed by atoms with van der Waals surface area (Å²) in [7, 11) is 0. The largest absolute Gasteiger partial charge is 0.396 e. The van der Waals surface area contributed by atoms with E-state index in [1.165, 1.54) is 0 Å². The van der Waals surface area contributed by atoms with Crippen molar-refractivity contribution in [2.75, 3.05) is 6.61 Å². The minimum atomic E-state index is 0.155. The predicted octanol–water partition coefficient (Wildman–Crippen LogP) is 0.895. The standard InChI is InChI=1S/C8H13O2/c9-5-7-1-2-8(6-10)4-3-7/h7-9H,1-5H2. The molecular formula is C8H13O2. The zero-order valence-corrected chi connectivity index (χ0v) is 6.05. The maximum absolute atomic E-state index is 10.2. The second-order valence-electron chi connectivity index (χ2n) is 3.02. The lowest BCUT2D eigenvalue weighted by atomic mass is 9.83. The van der Waals surface area contributed by atoms with Crippen LogP contribution in [0.4, 0.5) is 0 Å². The van der Waals surface area contributed by atoms with E-state index < -0.39 is 0 Å². The van der Waals surface area contributed by atoms with Crippen molar-refractivity contribution in [2.45, 2.75) is 25.7 Å². The molecule has 1 N–H and O–H groups in total. The van der Waals surface area contributed by atoms with E-state index in [1.54, 1.807) is 0 Å². The van der Waals surface area contributed by atoms with Gasteiger partial charge in [0.2, 0.25) is 6.29 Å². The molecule has 0 bridgehead atoms. The molecule has 2 nitrogen and oxygen atoms in total. The van der Waals surface area contributed by atoms with Crippen LogP contribution in [0.1, 0.15) is 25.7 Å². The topological polar surface area (TPSA) is 37.3 Å². The Morgan fingerprint density at radius 1 is 1.30 bits per heavy atom. The van der Waals surface area contributed by atoms with Crippen molar-refractivity contribution in [3.8, 4) is 0 Å². The lowest BCUT2D eigenvalue weighted by molar-refractivity contribution is 0.180. The van der Waals surface area contributed by atoms with Gasteiger partial charge in [-0.2, -0.15) is 0 Å². The van der Waals surface area contributed by atoms with Gasteiger partial charge < -0.3 is 5.11 Å². The third kappa shape index (κ3) is 1.81. The van der Waals surface area contributed by atoms with Gasteiger partial charge in [0.1, 0.15) is 0 Å². The summed E-state index contributed by atoms with van der Waals surface area (Å²) in [6.07, 6.45) is 5.86. The molecule has 10 heavy (non-hydrogen) atoms. The average molecular weight is 141 g/mol. The number of aliphatic hydroxyl groups excluding tert-OH is 1. The van der Waals surface area contributed by atoms with Crippen LogP contribution in [0.5, 0.6) is 0 Å². The zero-order chi connectivity index (χ0) is 7.40. The molecule has 0 aromatic heterocycles. The van der Waals surface area contributed by atoms with Gasteiger partial charge in [-0.25, -0.2) is 0 Å². The molecule has 2 heteroatoms. The molecule has 1 aliphatic rings. The maximum atomic E-state index is 10.2. The van der Waals surface area contributed by atoms with E-state index in [-0.39, 0.29) is 12.5 Å². The smallest absolute Gasteiger partial charge is 0.201 e. The Kier molecular flexibility index (Phi) is 2.87. The van der Waals surface area contributed by atoms with Crippen LogP contribution in [0.15, 0.2) is 0 Å². The number of rotatable bonds is 2. The molecule has 1 saturated carbocycles. The SMILES string of the molecule is O=[C]C1CCC(CO)CC1. The quantitative estimate of drug-likeness (QED) is 0.620. The van der Waals surface area contributed by atoms with Crippen LogP contribution in [-0.2, 0) is 4.79 Å². The number of hydrogen-bond acceptors (Lipinski definition) is 2. The Hall–Kier alpha value is -0.370. The lowest BCUT2D eigenvalue weighted by Gasteiger charge is -2.22. The molecule has 0 atom stereocenters. The summed E-state index contributed by atoms with van der Waals surface area (Å²) >= 11 is 0. The van der Waals surface area contributed by atoms with Gasteiger partial charge >= 0.3 is 0 Å². The van der Waals surface area contributed by atoms with Gasteiger partial charge in [-0.05, 0) is 31.6 Å². The third-order valence-electron chi connectivity index (χ3n) is 2.27. The summed E-state index contributed by atoms with van der Waals surface area (Å²) in [5.41, 5.74) is 0. The van der Waals surface area contributed by atoms with Crippen LogP contribution >= 0.6 is 0 Å². The molecule has 0 aromatic rings. The van der Waals surface area contributed by atoms with Crippen molar-refractivity contribution in [2.24, 2.45) is 11.8 Å². The van der Waals surface area contributed by atoms with Crippen LogP contribution in [0, 0.1) is 11.8 Å². The molecule has 0 aliphatic heterocycles. The highest BCUT2D eigenvalue weighted by Gasteiger charge is 2.19. The molecule has 0 spiro atoms. The molecular weight excluding hydrogens is 128 g/mol. The molecule has 57 valence electrons. The van der Waals surface area contributed by atoms with Crippen LogP contribution in [0.3, 0.4) is 0 Å². The van der Waals surface area contributed by atoms with E-state index in [1.807, 2.05) is 6.29 Å². The van der Waals surface area contributed by atoms with Gasteiger partial charge in [0.05, 0.1) is 0 Å². The molecule has 1 fully saturated rings. The highest BCUT2D eigenvalue weighted by molar-refractivity contribution is 5.54. The Morgan fingerprint density at radius 3 is 2.30 bits per heavy atom. The summed E-state index contributed by atoms with van der Waals surface area (Å²) in [4.78, 5) is 10.2. The van der Waals surface area contributed by atoms with Crippen LogP contribution in [0.25, 0.3) is 0 Å². The highest BCUT2D eigenvalue weighted by Crippen LogP contribution is 2.26. The highest BCUT2D eigenvalue weighted by atomic mass is 16.3. The van der Waals surface area contributed by atoms with Gasteiger partial charge in [0, 0.05) is 12.5 Å². The second kappa shape index (κ2) is 3.71. The van der Waals surface area contributed by atoms with Gasteiger partial charge in [-0.3, -0.25) is 4.79 Å².